The van der Waals surface area contributed by atoms with Crippen LogP contribution in [0.4, 0.5) is 0 Å². The number of hydrogen-bond donors (Lipinski definition) is 0. The largest absolute Gasteiger partial charge is 0.543 e. The lowest BCUT2D eigenvalue weighted by Gasteiger charge is -2.42. The van der Waals surface area contributed by atoms with Crippen LogP contribution in [0.25, 0.3) is 0 Å². The third-order valence-corrected chi connectivity index (χ3v) is 10.7. The van der Waals surface area contributed by atoms with Crippen LogP contribution in [0.5, 0.6) is 11.5 Å². The van der Waals surface area contributed by atoms with Crippen molar-refractivity contribution in [1.82, 2.24) is 0 Å². The van der Waals surface area contributed by atoms with E-state index in [2.05, 4.69) is 41.5 Å². The first kappa shape index (κ1) is 20.8. The molecule has 0 aliphatic rings. The van der Waals surface area contributed by atoms with Crippen molar-refractivity contribution in [3.8, 4) is 11.5 Å². The lowest BCUT2D eigenvalue weighted by atomic mass is 9.97. The molecule has 0 unspecified atom stereocenters. The first-order chi connectivity index (χ1) is 10.9. The van der Waals surface area contributed by atoms with Gasteiger partial charge in [-0.15, -0.1) is 0 Å². The third kappa shape index (κ3) is 4.62. The highest BCUT2D eigenvalue weighted by atomic mass is 28.4. The number of carbonyl (C=O) groups is 1. The monoisotopic (exact) mass is 350 g/mol. The summed E-state index contributed by atoms with van der Waals surface area (Å²) in [7, 11) is -1.96. The SMILES string of the molecule is CC(C)[Si](Oc1ccc(OC(=O)C(C)(C)C)cc1)(C(C)C)C(C)C. The maximum atomic E-state index is 12.0. The van der Waals surface area contributed by atoms with Gasteiger partial charge in [0, 0.05) is 0 Å². The molecule has 0 aliphatic heterocycles. The quantitative estimate of drug-likeness (QED) is 0.348. The molecule has 4 heteroatoms. The van der Waals surface area contributed by atoms with E-state index in [1.807, 2.05) is 45.0 Å². The van der Waals surface area contributed by atoms with Crippen LogP contribution in [0.2, 0.25) is 16.6 Å². The molecule has 0 aliphatic carbocycles. The first-order valence-corrected chi connectivity index (χ1v) is 11.1. The molecule has 1 aromatic rings. The first-order valence-electron chi connectivity index (χ1n) is 8.92. The Morgan fingerprint density at radius 2 is 1.21 bits per heavy atom. The summed E-state index contributed by atoms with van der Waals surface area (Å²) in [6.45, 7) is 19.2. The summed E-state index contributed by atoms with van der Waals surface area (Å²) >= 11 is 0. The smallest absolute Gasteiger partial charge is 0.316 e. The van der Waals surface area contributed by atoms with E-state index < -0.39 is 13.7 Å². The Labute approximate surface area is 148 Å². The summed E-state index contributed by atoms with van der Waals surface area (Å²) in [4.78, 5) is 12.0. The predicted molar refractivity (Wildman–Crippen MR) is 103 cm³/mol. The average Bonchev–Trinajstić information content (AvgIpc) is 2.44. The van der Waals surface area contributed by atoms with Gasteiger partial charge in [0.25, 0.3) is 8.32 Å². The minimum absolute atomic E-state index is 0.230. The molecule has 0 aromatic heterocycles. The molecule has 24 heavy (non-hydrogen) atoms. The molecule has 0 fully saturated rings. The standard InChI is InChI=1S/C20H34O3Si/c1-14(2)24(15(3)4,16(5)6)23-18-12-10-17(11-13-18)22-19(21)20(7,8)9/h10-16H,1-9H3. The van der Waals surface area contributed by atoms with Crippen LogP contribution in [0.15, 0.2) is 24.3 Å². The maximum Gasteiger partial charge on any atom is 0.316 e. The number of esters is 1. The number of benzene rings is 1. The summed E-state index contributed by atoms with van der Waals surface area (Å²) in [5.41, 5.74) is 1.06. The zero-order valence-corrected chi connectivity index (χ0v) is 17.8. The van der Waals surface area contributed by atoms with Crippen molar-refractivity contribution in [3.63, 3.8) is 0 Å². The molecule has 1 rings (SSSR count). The van der Waals surface area contributed by atoms with Gasteiger partial charge in [0.2, 0.25) is 0 Å². The van der Waals surface area contributed by atoms with Crippen LogP contribution in [0, 0.1) is 5.41 Å². The van der Waals surface area contributed by atoms with Gasteiger partial charge in [-0.2, -0.15) is 0 Å². The Morgan fingerprint density at radius 3 is 1.54 bits per heavy atom. The summed E-state index contributed by atoms with van der Waals surface area (Å²) in [6.07, 6.45) is 0. The second-order valence-corrected chi connectivity index (χ2v) is 13.9. The van der Waals surface area contributed by atoms with Gasteiger partial charge >= 0.3 is 5.97 Å². The van der Waals surface area contributed by atoms with Gasteiger partial charge in [-0.05, 0) is 61.7 Å². The van der Waals surface area contributed by atoms with Gasteiger partial charge < -0.3 is 9.16 Å². The second kappa shape index (κ2) is 7.73. The number of rotatable bonds is 6. The molecular weight excluding hydrogens is 316 g/mol. The second-order valence-electron chi connectivity index (χ2n) is 8.53. The molecule has 136 valence electrons. The third-order valence-electron chi connectivity index (χ3n) is 4.65. The van der Waals surface area contributed by atoms with Crippen LogP contribution in [0.3, 0.4) is 0 Å². The van der Waals surface area contributed by atoms with Gasteiger partial charge in [-0.1, -0.05) is 41.5 Å². The fraction of sp³-hybridized carbons (Fsp3) is 0.650. The van der Waals surface area contributed by atoms with Crippen molar-refractivity contribution in [2.45, 2.75) is 78.9 Å². The fourth-order valence-corrected chi connectivity index (χ4v) is 8.64. The van der Waals surface area contributed by atoms with E-state index in [-0.39, 0.29) is 5.97 Å². The van der Waals surface area contributed by atoms with Gasteiger partial charge in [0.15, 0.2) is 0 Å². The molecule has 0 amide bonds. The summed E-state index contributed by atoms with van der Waals surface area (Å²) in [5, 5.41) is 0. The minimum Gasteiger partial charge on any atom is -0.543 e. The van der Waals surface area contributed by atoms with Crippen molar-refractivity contribution < 1.29 is 14.0 Å². The van der Waals surface area contributed by atoms with E-state index in [9.17, 15) is 4.79 Å². The van der Waals surface area contributed by atoms with E-state index in [0.29, 0.717) is 22.4 Å². The average molecular weight is 351 g/mol. The van der Waals surface area contributed by atoms with E-state index in [0.717, 1.165) is 5.75 Å². The van der Waals surface area contributed by atoms with E-state index in [4.69, 9.17) is 9.16 Å². The van der Waals surface area contributed by atoms with Crippen molar-refractivity contribution in [2.24, 2.45) is 5.41 Å². The molecule has 1 aromatic carbocycles. The van der Waals surface area contributed by atoms with Crippen LogP contribution in [-0.4, -0.2) is 14.3 Å². The molecule has 3 nitrogen and oxygen atoms in total. The summed E-state index contributed by atoms with van der Waals surface area (Å²) < 4.78 is 12.0. The molecule has 0 N–H and O–H groups in total. The molecule has 0 atom stereocenters. The van der Waals surface area contributed by atoms with Crippen molar-refractivity contribution in [1.29, 1.82) is 0 Å². The van der Waals surface area contributed by atoms with Crippen LogP contribution < -0.4 is 9.16 Å². The molecule has 0 bridgehead atoms. The lowest BCUT2D eigenvalue weighted by Crippen LogP contribution is -2.50. The van der Waals surface area contributed by atoms with Crippen LogP contribution in [-0.2, 0) is 4.79 Å². The van der Waals surface area contributed by atoms with Crippen molar-refractivity contribution in [3.05, 3.63) is 24.3 Å². The Bertz CT molecular complexity index is 517. The summed E-state index contributed by atoms with van der Waals surface area (Å²) in [5.74, 6) is 1.20. The molecule has 0 radical (unpaired) electrons. The molecule has 0 heterocycles. The Kier molecular flexibility index (Phi) is 6.68. The molecule has 0 spiro atoms. The van der Waals surface area contributed by atoms with Crippen molar-refractivity contribution in [2.75, 3.05) is 0 Å². The maximum absolute atomic E-state index is 12.0. The van der Waals surface area contributed by atoms with E-state index in [1.165, 1.54) is 0 Å². The highest BCUT2D eigenvalue weighted by Crippen LogP contribution is 2.42. The topological polar surface area (TPSA) is 35.5 Å². The van der Waals surface area contributed by atoms with E-state index in [1.54, 1.807) is 0 Å². The molecular formula is C20H34O3Si. The van der Waals surface area contributed by atoms with Crippen molar-refractivity contribution >= 4 is 14.3 Å². The predicted octanol–water partition coefficient (Wildman–Crippen LogP) is 6.19. The van der Waals surface area contributed by atoms with Gasteiger partial charge in [0.1, 0.15) is 11.5 Å². The molecule has 0 saturated carbocycles. The highest BCUT2D eigenvalue weighted by Gasteiger charge is 2.46. The van der Waals surface area contributed by atoms with Crippen LogP contribution >= 0.6 is 0 Å². The zero-order valence-electron chi connectivity index (χ0n) is 16.8. The highest BCUT2D eigenvalue weighted by molar-refractivity contribution is 6.78. The number of carbonyl (C=O) groups excluding carboxylic acids is 1. The van der Waals surface area contributed by atoms with E-state index >= 15 is 0 Å². The minimum atomic E-state index is -1.96. The lowest BCUT2D eigenvalue weighted by molar-refractivity contribution is -0.143. The normalized spacial score (nSPS) is 12.8. The Morgan fingerprint density at radius 1 is 0.833 bits per heavy atom. The van der Waals surface area contributed by atoms with Crippen LogP contribution in [0.1, 0.15) is 62.3 Å². The molecule has 0 saturated heterocycles. The Hall–Kier alpha value is -1.29. The fourth-order valence-electron chi connectivity index (χ4n) is 3.39. The van der Waals surface area contributed by atoms with Gasteiger partial charge in [-0.3, -0.25) is 4.79 Å². The van der Waals surface area contributed by atoms with Gasteiger partial charge in [-0.25, -0.2) is 0 Å². The summed E-state index contributed by atoms with van der Waals surface area (Å²) in [6, 6.07) is 7.47. The zero-order chi connectivity index (χ0) is 18.7. The van der Waals surface area contributed by atoms with Gasteiger partial charge in [0.05, 0.1) is 5.41 Å². The number of ether oxygens (including phenoxy) is 1. The Balaban J connectivity index is 2.98. The number of hydrogen-bond acceptors (Lipinski definition) is 3.